The van der Waals surface area contributed by atoms with E-state index in [1.807, 2.05) is 38.1 Å². The topological polar surface area (TPSA) is 327 Å². The minimum Gasteiger partial charge on any atom is -0.387 e. The Morgan fingerprint density at radius 1 is 1.00 bits per heavy atom. The van der Waals surface area contributed by atoms with Crippen LogP contribution in [0.5, 0.6) is 0 Å². The highest BCUT2D eigenvalue weighted by Gasteiger charge is 2.47. The number of nitrogens with one attached hydrogen (secondary N) is 2. The SMILES string of the molecule is Cc1ccc(N=C(N)N(Nc2nc3c(ncn3[C@@H]3O[C@H](COP(=O)(O)OP(=O)(O)OP(=O)(O)O)C(O)C3O)c(=O)[nH]2)c2ccc(C)cc2)cc1. The fourth-order valence-corrected chi connectivity index (χ4v) is 7.62. The monoisotopic (exact) mass is 760 g/mol. The fraction of sp³-hybridized carbons (Fsp3) is 0.280. The zero-order chi connectivity index (χ0) is 36.6. The molecule has 0 amide bonds. The highest BCUT2D eigenvalue weighted by atomic mass is 31.3. The Kier molecular flexibility index (Phi) is 10.8. The summed E-state index contributed by atoms with van der Waals surface area (Å²) in [6.45, 7) is 2.75. The second kappa shape index (κ2) is 14.4. The highest BCUT2D eigenvalue weighted by molar-refractivity contribution is 7.66. The number of hydrogen-bond acceptors (Lipinski definition) is 14. The smallest absolute Gasteiger partial charge is 0.387 e. The molecule has 2 aromatic heterocycles. The summed E-state index contributed by atoms with van der Waals surface area (Å²) in [4.78, 5) is 64.9. The van der Waals surface area contributed by atoms with Gasteiger partial charge >= 0.3 is 23.5 Å². The van der Waals surface area contributed by atoms with E-state index in [0.29, 0.717) is 11.4 Å². The molecule has 22 nitrogen and oxygen atoms in total. The van der Waals surface area contributed by atoms with Crippen LogP contribution in [-0.4, -0.2) is 80.2 Å². The molecule has 25 heteroatoms. The fourth-order valence-electron chi connectivity index (χ4n) is 4.59. The normalized spacial score (nSPS) is 22.3. The van der Waals surface area contributed by atoms with E-state index in [1.165, 1.54) is 5.01 Å². The zero-order valence-electron chi connectivity index (χ0n) is 25.8. The van der Waals surface area contributed by atoms with Gasteiger partial charge in [-0.25, -0.2) is 28.7 Å². The van der Waals surface area contributed by atoms with Crippen LogP contribution in [-0.2, 0) is 31.6 Å². The second-order valence-electron chi connectivity index (χ2n) is 10.8. The van der Waals surface area contributed by atoms with Crippen LogP contribution >= 0.6 is 23.5 Å². The van der Waals surface area contributed by atoms with Crippen LogP contribution in [0, 0.1) is 13.8 Å². The van der Waals surface area contributed by atoms with Gasteiger partial charge in [0.15, 0.2) is 17.4 Å². The van der Waals surface area contributed by atoms with Gasteiger partial charge in [0, 0.05) is 0 Å². The third-order valence-electron chi connectivity index (χ3n) is 6.88. The molecule has 4 aromatic rings. The number of imidazole rings is 1. The van der Waals surface area contributed by atoms with Gasteiger partial charge in [0.25, 0.3) is 5.56 Å². The molecule has 10 N–H and O–H groups in total. The van der Waals surface area contributed by atoms with Crippen molar-refractivity contribution in [3.8, 4) is 0 Å². The summed E-state index contributed by atoms with van der Waals surface area (Å²) in [6, 6.07) is 14.4. The molecule has 1 aliphatic rings. The molecule has 0 bridgehead atoms. The molecular weight excluding hydrogens is 729 g/mol. The van der Waals surface area contributed by atoms with Gasteiger partial charge in [-0.05, 0) is 38.1 Å². The first-order chi connectivity index (χ1) is 23.3. The highest BCUT2D eigenvalue weighted by Crippen LogP contribution is 2.66. The van der Waals surface area contributed by atoms with Crippen LogP contribution in [0.4, 0.5) is 17.3 Å². The van der Waals surface area contributed by atoms with Crippen LogP contribution in [0.2, 0.25) is 0 Å². The molecule has 5 rings (SSSR count). The number of nitrogens with zero attached hydrogens (tertiary/aromatic N) is 5. The van der Waals surface area contributed by atoms with E-state index in [9.17, 15) is 38.5 Å². The van der Waals surface area contributed by atoms with Gasteiger partial charge < -0.3 is 40.3 Å². The van der Waals surface area contributed by atoms with Gasteiger partial charge in [0.1, 0.15) is 18.3 Å². The first-order valence-corrected chi connectivity index (χ1v) is 18.6. The average Bonchev–Trinajstić information content (AvgIpc) is 3.55. The Morgan fingerprint density at radius 2 is 1.62 bits per heavy atom. The Labute approximate surface area is 281 Å². The number of aliphatic imine (C=N–C) groups is 1. The van der Waals surface area contributed by atoms with E-state index in [-0.39, 0.29) is 23.1 Å². The molecule has 2 aromatic carbocycles. The molecule has 0 spiro atoms. The van der Waals surface area contributed by atoms with Crippen LogP contribution in [0.3, 0.4) is 0 Å². The number of phosphoric ester groups is 1. The molecule has 1 fully saturated rings. The van der Waals surface area contributed by atoms with Gasteiger partial charge in [-0.1, -0.05) is 35.4 Å². The van der Waals surface area contributed by atoms with Gasteiger partial charge in [-0.15, -0.1) is 0 Å². The van der Waals surface area contributed by atoms with E-state index in [4.69, 9.17) is 20.3 Å². The van der Waals surface area contributed by atoms with Crippen molar-refractivity contribution in [2.24, 2.45) is 10.7 Å². The standard InChI is InChI=1S/C25H31N8O14P3/c1-13-3-7-15(8-4-13)28-24(26)33(16-9-5-14(2)6-10-16)31-25-29-21-18(22(36)30-25)27-12-32(21)23-20(35)19(34)17(45-23)11-44-49(40,41)47-50(42,43)46-48(37,38)39/h3-10,12,17,19-20,23,34-35H,11H2,1-2H3,(H2,26,28)(H,40,41)(H,42,43)(H2,37,38,39)(H2,29,30,31,36)/t17-,19?,20?,23-/m1/s1. The molecule has 0 aliphatic carbocycles. The van der Waals surface area contributed by atoms with Crippen LogP contribution in [0.25, 0.3) is 11.2 Å². The number of hydrogen-bond donors (Lipinski definition) is 9. The molecule has 4 unspecified atom stereocenters. The third kappa shape index (κ3) is 9.08. The average molecular weight is 760 g/mol. The molecule has 6 atom stereocenters. The number of aromatic amines is 1. The quantitative estimate of drug-likeness (QED) is 0.0423. The summed E-state index contributed by atoms with van der Waals surface area (Å²) >= 11 is 0. The Hall–Kier alpha value is -3.85. The van der Waals surface area contributed by atoms with E-state index >= 15 is 0 Å². The van der Waals surface area contributed by atoms with Crippen molar-refractivity contribution in [2.75, 3.05) is 17.0 Å². The van der Waals surface area contributed by atoms with Crippen molar-refractivity contribution in [2.45, 2.75) is 38.4 Å². The predicted molar refractivity (Wildman–Crippen MR) is 174 cm³/mol. The number of H-pyrrole nitrogens is 1. The summed E-state index contributed by atoms with van der Waals surface area (Å²) < 4.78 is 53.1. The minimum atomic E-state index is -5.80. The number of ether oxygens (including phenoxy) is 1. The molecule has 3 heterocycles. The number of anilines is 2. The summed E-state index contributed by atoms with van der Waals surface area (Å²) in [5, 5.41) is 22.7. The van der Waals surface area contributed by atoms with E-state index < -0.39 is 60.2 Å². The maximum Gasteiger partial charge on any atom is 0.490 e. The summed E-state index contributed by atoms with van der Waals surface area (Å²) in [6.07, 6.45) is -5.65. The van der Waals surface area contributed by atoms with Crippen LogP contribution < -0.4 is 21.7 Å². The predicted octanol–water partition coefficient (Wildman–Crippen LogP) is 1.18. The van der Waals surface area contributed by atoms with E-state index in [0.717, 1.165) is 22.0 Å². The minimum absolute atomic E-state index is 0.0366. The number of hydrazine groups is 1. The van der Waals surface area contributed by atoms with Crippen molar-refractivity contribution in [1.29, 1.82) is 0 Å². The number of nitrogens with two attached hydrogens (primary N) is 1. The number of aromatic nitrogens is 4. The molecule has 50 heavy (non-hydrogen) atoms. The molecule has 1 aliphatic heterocycles. The van der Waals surface area contributed by atoms with E-state index in [2.05, 4.69) is 38.5 Å². The summed E-state index contributed by atoms with van der Waals surface area (Å²) in [5.74, 6) is -0.199. The van der Waals surface area contributed by atoms with Gasteiger partial charge in [0.2, 0.25) is 11.9 Å². The molecule has 270 valence electrons. The van der Waals surface area contributed by atoms with Crippen LogP contribution in [0.15, 0.2) is 64.6 Å². The Morgan fingerprint density at radius 3 is 2.24 bits per heavy atom. The molecule has 1 saturated heterocycles. The lowest BCUT2D eigenvalue weighted by atomic mass is 10.1. The van der Waals surface area contributed by atoms with Crippen molar-refractivity contribution >= 4 is 57.9 Å². The van der Waals surface area contributed by atoms with Crippen LogP contribution in [0.1, 0.15) is 17.4 Å². The lowest BCUT2D eigenvalue weighted by Crippen LogP contribution is -2.42. The second-order valence-corrected chi connectivity index (χ2v) is 15.2. The lowest BCUT2D eigenvalue weighted by molar-refractivity contribution is -0.0503. The first-order valence-electron chi connectivity index (χ1n) is 14.1. The molecule has 0 saturated carbocycles. The largest absolute Gasteiger partial charge is 0.490 e. The summed E-state index contributed by atoms with van der Waals surface area (Å²) in [7, 11) is -17.0. The number of rotatable bonds is 12. The van der Waals surface area contributed by atoms with Crippen molar-refractivity contribution < 1.29 is 61.4 Å². The first kappa shape index (κ1) is 37.4. The number of aryl methyl sites for hydroxylation is 2. The zero-order valence-corrected chi connectivity index (χ0v) is 28.5. The number of guanidine groups is 1. The Bertz CT molecular complexity index is 2090. The number of aliphatic hydroxyl groups is 2. The lowest BCUT2D eigenvalue weighted by Gasteiger charge is -2.24. The number of fused-ring (bicyclic) bond motifs is 1. The molecule has 0 radical (unpaired) electrons. The van der Waals surface area contributed by atoms with E-state index in [1.54, 1.807) is 24.3 Å². The number of phosphoric acid groups is 3. The Balaban J connectivity index is 1.39. The van der Waals surface area contributed by atoms with Gasteiger partial charge in [-0.2, -0.15) is 13.6 Å². The molecular formula is C25H31N8O14P3. The third-order valence-corrected chi connectivity index (χ3v) is 10.7. The van der Waals surface area contributed by atoms with Crippen molar-refractivity contribution in [3.63, 3.8) is 0 Å². The van der Waals surface area contributed by atoms with Gasteiger partial charge in [-0.3, -0.25) is 24.3 Å². The van der Waals surface area contributed by atoms with Gasteiger partial charge in [0.05, 0.1) is 24.3 Å². The maximum atomic E-state index is 13.1. The maximum absolute atomic E-state index is 13.1. The number of benzene rings is 2. The van der Waals surface area contributed by atoms with Crippen molar-refractivity contribution in [1.82, 2.24) is 19.5 Å². The summed E-state index contributed by atoms with van der Waals surface area (Å²) in [5.41, 5.74) is 11.2. The number of aliphatic hydroxyl groups excluding tert-OH is 2. The van der Waals surface area contributed by atoms with Crippen molar-refractivity contribution in [3.05, 3.63) is 76.3 Å².